The van der Waals surface area contributed by atoms with Crippen molar-refractivity contribution in [1.29, 1.82) is 0 Å². The minimum Gasteiger partial charge on any atom is -0.304 e. The summed E-state index contributed by atoms with van der Waals surface area (Å²) in [4.78, 5) is 0. The van der Waals surface area contributed by atoms with E-state index in [0.29, 0.717) is 11.1 Å². The zero-order valence-corrected chi connectivity index (χ0v) is 13.8. The molecule has 0 radical (unpaired) electrons. The number of rotatable bonds is 4. The molecule has 0 aliphatic carbocycles. The predicted octanol–water partition coefficient (Wildman–Crippen LogP) is 5.45. The summed E-state index contributed by atoms with van der Waals surface area (Å²) in [5.41, 5.74) is 1.75. The number of halogens is 3. The van der Waals surface area contributed by atoms with Crippen molar-refractivity contribution >= 4 is 15.9 Å². The van der Waals surface area contributed by atoms with Gasteiger partial charge in [0.15, 0.2) is 0 Å². The topological polar surface area (TPSA) is 12.0 Å². The SMILES string of the molecule is Cc1cc(F)c(C(C)N[C@H](C)c2ccccc2Br)cc1F. The van der Waals surface area contributed by atoms with E-state index < -0.39 is 0 Å². The zero-order valence-electron chi connectivity index (χ0n) is 12.3. The van der Waals surface area contributed by atoms with Crippen LogP contribution in [0.3, 0.4) is 0 Å². The van der Waals surface area contributed by atoms with Crippen LogP contribution in [-0.2, 0) is 0 Å². The van der Waals surface area contributed by atoms with E-state index in [9.17, 15) is 8.78 Å². The predicted molar refractivity (Wildman–Crippen MR) is 85.2 cm³/mol. The molecule has 0 saturated heterocycles. The Bertz CT molecular complexity index is 643. The number of nitrogens with one attached hydrogen (secondary N) is 1. The number of hydrogen-bond donors (Lipinski definition) is 1. The largest absolute Gasteiger partial charge is 0.304 e. The lowest BCUT2D eigenvalue weighted by atomic mass is 10.0. The van der Waals surface area contributed by atoms with E-state index in [-0.39, 0.29) is 23.7 Å². The van der Waals surface area contributed by atoms with Gasteiger partial charge in [0.05, 0.1) is 0 Å². The molecule has 4 heteroatoms. The monoisotopic (exact) mass is 353 g/mol. The molecule has 0 heterocycles. The van der Waals surface area contributed by atoms with Crippen molar-refractivity contribution in [2.75, 3.05) is 0 Å². The fourth-order valence-corrected chi connectivity index (χ4v) is 3.00. The minimum absolute atomic E-state index is 0.0133. The van der Waals surface area contributed by atoms with Gasteiger partial charge in [-0.15, -0.1) is 0 Å². The lowest BCUT2D eigenvalue weighted by molar-refractivity contribution is 0.468. The summed E-state index contributed by atoms with van der Waals surface area (Å²) in [5, 5.41) is 3.30. The maximum Gasteiger partial charge on any atom is 0.128 e. The van der Waals surface area contributed by atoms with Gasteiger partial charge in [-0.3, -0.25) is 0 Å². The molecule has 0 saturated carbocycles. The molecule has 0 fully saturated rings. The van der Waals surface area contributed by atoms with Crippen molar-refractivity contribution in [2.24, 2.45) is 0 Å². The Morgan fingerprint density at radius 1 is 0.952 bits per heavy atom. The second kappa shape index (κ2) is 6.67. The van der Waals surface area contributed by atoms with Gasteiger partial charge in [0, 0.05) is 22.1 Å². The van der Waals surface area contributed by atoms with Gasteiger partial charge in [-0.05, 0) is 50.1 Å². The molecule has 1 N–H and O–H groups in total. The summed E-state index contributed by atoms with van der Waals surface area (Å²) in [5.74, 6) is -0.762. The summed E-state index contributed by atoms with van der Waals surface area (Å²) in [6.45, 7) is 5.39. The van der Waals surface area contributed by atoms with Crippen LogP contribution in [0.1, 0.15) is 42.6 Å². The molecule has 0 aliphatic rings. The standard InChI is InChI=1S/C17H18BrF2N/c1-10-8-17(20)14(9-16(10)19)12(3)21-11(2)13-6-4-5-7-15(13)18/h4-9,11-12,21H,1-3H3/t11-,12?/m1/s1. The lowest BCUT2D eigenvalue weighted by Gasteiger charge is -2.22. The average molecular weight is 354 g/mol. The van der Waals surface area contributed by atoms with E-state index >= 15 is 0 Å². The summed E-state index contributed by atoms with van der Waals surface area (Å²) >= 11 is 3.50. The summed E-state index contributed by atoms with van der Waals surface area (Å²) in [6.07, 6.45) is 0. The van der Waals surface area contributed by atoms with Crippen LogP contribution in [0.2, 0.25) is 0 Å². The van der Waals surface area contributed by atoms with E-state index in [4.69, 9.17) is 0 Å². The first-order valence-corrected chi connectivity index (χ1v) is 7.65. The van der Waals surface area contributed by atoms with Gasteiger partial charge in [-0.25, -0.2) is 8.78 Å². The van der Waals surface area contributed by atoms with Crippen LogP contribution in [0.4, 0.5) is 8.78 Å². The molecule has 0 aromatic heterocycles. The lowest BCUT2D eigenvalue weighted by Crippen LogP contribution is -2.23. The van der Waals surface area contributed by atoms with Crippen molar-refractivity contribution in [3.63, 3.8) is 0 Å². The molecule has 112 valence electrons. The first kappa shape index (κ1) is 16.1. The minimum atomic E-state index is -0.381. The molecule has 1 unspecified atom stereocenters. The zero-order chi connectivity index (χ0) is 15.6. The van der Waals surface area contributed by atoms with Crippen LogP contribution in [0.5, 0.6) is 0 Å². The fourth-order valence-electron chi connectivity index (χ4n) is 2.37. The quantitative estimate of drug-likeness (QED) is 0.770. The second-order valence-electron chi connectivity index (χ2n) is 5.25. The van der Waals surface area contributed by atoms with Gasteiger partial charge >= 0.3 is 0 Å². The molecule has 0 bridgehead atoms. The van der Waals surface area contributed by atoms with Gasteiger partial charge in [0.1, 0.15) is 11.6 Å². The highest BCUT2D eigenvalue weighted by Crippen LogP contribution is 2.27. The number of benzene rings is 2. The third-order valence-corrected chi connectivity index (χ3v) is 4.34. The van der Waals surface area contributed by atoms with Crippen molar-refractivity contribution in [3.8, 4) is 0 Å². The van der Waals surface area contributed by atoms with Crippen molar-refractivity contribution < 1.29 is 8.78 Å². The number of aryl methyl sites for hydroxylation is 1. The smallest absolute Gasteiger partial charge is 0.128 e. The molecule has 0 amide bonds. The van der Waals surface area contributed by atoms with Crippen LogP contribution in [0, 0.1) is 18.6 Å². The van der Waals surface area contributed by atoms with Crippen molar-refractivity contribution in [3.05, 3.63) is 69.2 Å². The Labute approximate surface area is 132 Å². The summed E-state index contributed by atoms with van der Waals surface area (Å²) < 4.78 is 28.6. The summed E-state index contributed by atoms with van der Waals surface area (Å²) in [7, 11) is 0. The molecule has 2 aromatic carbocycles. The third-order valence-electron chi connectivity index (χ3n) is 3.62. The van der Waals surface area contributed by atoms with Gasteiger partial charge in [-0.1, -0.05) is 34.1 Å². The Hall–Kier alpha value is -1.26. The highest BCUT2D eigenvalue weighted by atomic mass is 79.9. The Morgan fingerprint density at radius 3 is 2.24 bits per heavy atom. The first-order valence-electron chi connectivity index (χ1n) is 6.86. The molecule has 21 heavy (non-hydrogen) atoms. The molecule has 2 rings (SSSR count). The van der Waals surface area contributed by atoms with E-state index in [1.807, 2.05) is 38.1 Å². The molecule has 2 aromatic rings. The second-order valence-corrected chi connectivity index (χ2v) is 6.11. The van der Waals surface area contributed by atoms with Crippen LogP contribution in [-0.4, -0.2) is 0 Å². The molecule has 0 spiro atoms. The molecule has 0 aliphatic heterocycles. The van der Waals surface area contributed by atoms with Gasteiger partial charge in [0.25, 0.3) is 0 Å². The third kappa shape index (κ3) is 3.69. The summed E-state index contributed by atoms with van der Waals surface area (Å²) in [6, 6.07) is 10.1. The molecular formula is C17H18BrF2N. The van der Waals surface area contributed by atoms with Crippen LogP contribution in [0.25, 0.3) is 0 Å². The molecule has 2 atom stereocenters. The Balaban J connectivity index is 2.20. The van der Waals surface area contributed by atoms with Crippen LogP contribution < -0.4 is 5.32 Å². The number of hydrogen-bond acceptors (Lipinski definition) is 1. The van der Waals surface area contributed by atoms with E-state index in [1.54, 1.807) is 6.92 Å². The normalized spacial score (nSPS) is 14.0. The van der Waals surface area contributed by atoms with Gasteiger partial charge < -0.3 is 5.32 Å². The average Bonchev–Trinajstić information content (AvgIpc) is 2.43. The fraction of sp³-hybridized carbons (Fsp3) is 0.294. The van der Waals surface area contributed by atoms with Crippen molar-refractivity contribution in [1.82, 2.24) is 5.32 Å². The first-order chi connectivity index (χ1) is 9.90. The Kier molecular flexibility index (Phi) is 5.12. The van der Waals surface area contributed by atoms with E-state index in [1.165, 1.54) is 12.1 Å². The maximum absolute atomic E-state index is 14.0. The van der Waals surface area contributed by atoms with Crippen molar-refractivity contribution in [2.45, 2.75) is 32.9 Å². The van der Waals surface area contributed by atoms with Gasteiger partial charge in [-0.2, -0.15) is 0 Å². The highest BCUT2D eigenvalue weighted by molar-refractivity contribution is 9.10. The van der Waals surface area contributed by atoms with E-state index in [2.05, 4.69) is 21.2 Å². The Morgan fingerprint density at radius 2 is 1.57 bits per heavy atom. The molecular weight excluding hydrogens is 336 g/mol. The maximum atomic E-state index is 14.0. The van der Waals surface area contributed by atoms with E-state index in [0.717, 1.165) is 10.0 Å². The molecule has 1 nitrogen and oxygen atoms in total. The van der Waals surface area contributed by atoms with Crippen LogP contribution >= 0.6 is 15.9 Å². The van der Waals surface area contributed by atoms with Gasteiger partial charge in [0.2, 0.25) is 0 Å². The van der Waals surface area contributed by atoms with Crippen LogP contribution in [0.15, 0.2) is 40.9 Å². The highest BCUT2D eigenvalue weighted by Gasteiger charge is 2.17.